The summed E-state index contributed by atoms with van der Waals surface area (Å²) in [6.45, 7) is 3.55. The predicted octanol–water partition coefficient (Wildman–Crippen LogP) is 2.55. The lowest BCUT2D eigenvalue weighted by molar-refractivity contribution is -0.137. The van der Waals surface area contributed by atoms with Crippen LogP contribution in [0.15, 0.2) is 35.4 Å². The molecular weight excluding hydrogens is 423 g/mol. The van der Waals surface area contributed by atoms with Gasteiger partial charge in [-0.3, -0.25) is 4.79 Å². The Labute approximate surface area is 170 Å². The van der Waals surface area contributed by atoms with Crippen molar-refractivity contribution in [2.24, 2.45) is 12.8 Å². The molecule has 0 saturated heterocycles. The molecule has 12 heteroatoms. The number of nitrogens with zero attached hydrogens (tertiary/aromatic N) is 3. The molecule has 2 heterocycles. The Morgan fingerprint density at radius 3 is 2.47 bits per heavy atom. The van der Waals surface area contributed by atoms with E-state index in [2.05, 4.69) is 9.71 Å². The summed E-state index contributed by atoms with van der Waals surface area (Å²) in [6, 6.07) is 4.86. The van der Waals surface area contributed by atoms with Crippen molar-refractivity contribution in [1.29, 1.82) is 0 Å². The average Bonchev–Trinajstić information content (AvgIpc) is 3.20. The van der Waals surface area contributed by atoms with Crippen LogP contribution in [0.25, 0.3) is 11.0 Å². The van der Waals surface area contributed by atoms with E-state index in [1.165, 1.54) is 36.7 Å². The first-order valence-corrected chi connectivity index (χ1v) is 10.4. The number of primary amides is 1. The summed E-state index contributed by atoms with van der Waals surface area (Å²) in [6.07, 6.45) is -4.50. The molecule has 162 valence electrons. The highest BCUT2D eigenvalue weighted by Crippen LogP contribution is 2.32. The third-order valence-electron chi connectivity index (χ3n) is 4.74. The number of sulfonamides is 1. The lowest BCUT2D eigenvalue weighted by Gasteiger charge is -2.16. The predicted molar refractivity (Wildman–Crippen MR) is 103 cm³/mol. The minimum absolute atomic E-state index is 0.0171. The van der Waals surface area contributed by atoms with Crippen molar-refractivity contribution in [1.82, 2.24) is 18.8 Å². The molecule has 0 fully saturated rings. The lowest BCUT2D eigenvalue weighted by Crippen LogP contribution is -2.30. The molecule has 3 rings (SSSR count). The number of benzene rings is 1. The summed E-state index contributed by atoms with van der Waals surface area (Å²) in [4.78, 5) is 15.7. The number of rotatable bonds is 6. The first-order valence-electron chi connectivity index (χ1n) is 8.92. The van der Waals surface area contributed by atoms with Crippen LogP contribution >= 0.6 is 0 Å². The number of nitrogens with one attached hydrogen (secondary N) is 1. The molecule has 3 N–H and O–H groups in total. The highest BCUT2D eigenvalue weighted by atomic mass is 32.2. The average molecular weight is 443 g/mol. The summed E-state index contributed by atoms with van der Waals surface area (Å²) < 4.78 is 69.9. The molecule has 1 atom stereocenters. The molecule has 8 nitrogen and oxygen atoms in total. The zero-order valence-corrected chi connectivity index (χ0v) is 17.2. The summed E-state index contributed by atoms with van der Waals surface area (Å²) >= 11 is 0. The Morgan fingerprint density at radius 1 is 1.27 bits per heavy atom. The molecule has 2 aromatic heterocycles. The van der Waals surface area contributed by atoms with Crippen molar-refractivity contribution >= 4 is 27.0 Å². The van der Waals surface area contributed by atoms with E-state index in [0.29, 0.717) is 5.52 Å². The van der Waals surface area contributed by atoms with Gasteiger partial charge in [-0.05, 0) is 44.2 Å². The highest BCUT2D eigenvalue weighted by molar-refractivity contribution is 7.89. The summed E-state index contributed by atoms with van der Waals surface area (Å²) in [5.41, 5.74) is 5.00. The van der Waals surface area contributed by atoms with Crippen LogP contribution in [0.1, 0.15) is 41.8 Å². The van der Waals surface area contributed by atoms with Crippen LogP contribution in [0.2, 0.25) is 0 Å². The van der Waals surface area contributed by atoms with Crippen LogP contribution in [0, 0.1) is 0 Å². The fraction of sp³-hybridized carbons (Fsp3) is 0.333. The number of nitrogens with two attached hydrogens (primary N) is 1. The zero-order valence-electron chi connectivity index (χ0n) is 16.4. The van der Waals surface area contributed by atoms with Gasteiger partial charge in [0.2, 0.25) is 0 Å². The molecule has 0 aliphatic carbocycles. The standard InChI is InChI=1S/C18H20F3N5O3S/c1-4-26-14-9-11(18(19,20)21)5-6-12(14)23-17(26)10(2)24-30(28,29)15-8-7-13(16(22)27)25(15)3/h5-10,24H,4H2,1-3H3,(H2,22,27). The summed E-state index contributed by atoms with van der Waals surface area (Å²) in [5, 5.41) is -0.179. The molecule has 1 amide bonds. The smallest absolute Gasteiger partial charge is 0.364 e. The van der Waals surface area contributed by atoms with Crippen molar-refractivity contribution in [3.8, 4) is 0 Å². The van der Waals surface area contributed by atoms with Gasteiger partial charge in [0, 0.05) is 13.6 Å². The van der Waals surface area contributed by atoms with E-state index >= 15 is 0 Å². The minimum atomic E-state index is -4.50. The number of amides is 1. The van der Waals surface area contributed by atoms with Crippen LogP contribution in [-0.2, 0) is 29.8 Å². The number of aryl methyl sites for hydroxylation is 1. The van der Waals surface area contributed by atoms with Gasteiger partial charge in [0.1, 0.15) is 11.5 Å². The van der Waals surface area contributed by atoms with Crippen molar-refractivity contribution in [2.75, 3.05) is 0 Å². The second kappa shape index (κ2) is 7.43. The molecular formula is C18H20F3N5O3S. The lowest BCUT2D eigenvalue weighted by atomic mass is 10.2. The van der Waals surface area contributed by atoms with Gasteiger partial charge in [-0.2, -0.15) is 17.9 Å². The van der Waals surface area contributed by atoms with E-state index in [1.807, 2.05) is 0 Å². The Balaban J connectivity index is 2.00. The van der Waals surface area contributed by atoms with Crippen LogP contribution in [0.4, 0.5) is 13.2 Å². The molecule has 3 aromatic rings. The van der Waals surface area contributed by atoms with E-state index in [0.717, 1.165) is 16.7 Å². The molecule has 1 aromatic carbocycles. The number of carbonyl (C=O) groups excluding carboxylic acids is 1. The number of hydrogen-bond donors (Lipinski definition) is 2. The Kier molecular flexibility index (Phi) is 5.41. The van der Waals surface area contributed by atoms with E-state index < -0.39 is 33.7 Å². The number of halogens is 3. The Bertz CT molecular complexity index is 1230. The fourth-order valence-corrected chi connectivity index (χ4v) is 4.73. The van der Waals surface area contributed by atoms with Gasteiger partial charge < -0.3 is 14.9 Å². The molecule has 0 bridgehead atoms. The second-order valence-electron chi connectivity index (χ2n) is 6.74. The van der Waals surface area contributed by atoms with Gasteiger partial charge in [-0.25, -0.2) is 13.4 Å². The largest absolute Gasteiger partial charge is 0.416 e. The number of hydrogen-bond acceptors (Lipinski definition) is 4. The molecule has 0 radical (unpaired) electrons. The Morgan fingerprint density at radius 2 is 1.93 bits per heavy atom. The third-order valence-corrected chi connectivity index (χ3v) is 6.37. The summed E-state index contributed by atoms with van der Waals surface area (Å²) in [5.74, 6) is -0.514. The van der Waals surface area contributed by atoms with E-state index in [1.54, 1.807) is 6.92 Å². The molecule has 30 heavy (non-hydrogen) atoms. The fourth-order valence-electron chi connectivity index (χ4n) is 3.34. The topological polar surface area (TPSA) is 112 Å². The van der Waals surface area contributed by atoms with Gasteiger partial charge in [0.15, 0.2) is 5.03 Å². The third kappa shape index (κ3) is 3.79. The Hall–Kier alpha value is -2.86. The van der Waals surface area contributed by atoms with Crippen LogP contribution < -0.4 is 10.5 Å². The molecule has 0 aliphatic rings. The monoisotopic (exact) mass is 443 g/mol. The van der Waals surface area contributed by atoms with Crippen molar-refractivity contribution in [3.05, 3.63) is 47.4 Å². The maximum atomic E-state index is 13.1. The van der Waals surface area contributed by atoms with Gasteiger partial charge in [-0.15, -0.1) is 0 Å². The number of carbonyl (C=O) groups is 1. The van der Waals surface area contributed by atoms with Crippen LogP contribution in [-0.4, -0.2) is 28.4 Å². The SMILES string of the molecule is CCn1c(C(C)NS(=O)(=O)c2ccc(C(N)=O)n2C)nc2ccc(C(F)(F)F)cc21. The van der Waals surface area contributed by atoms with E-state index in [4.69, 9.17) is 5.73 Å². The van der Waals surface area contributed by atoms with Crippen LogP contribution in [0.3, 0.4) is 0 Å². The van der Waals surface area contributed by atoms with E-state index in [-0.39, 0.29) is 28.6 Å². The van der Waals surface area contributed by atoms with Crippen molar-refractivity contribution in [2.45, 2.75) is 37.6 Å². The first kappa shape index (κ1) is 21.8. The first-order chi connectivity index (χ1) is 13.9. The highest BCUT2D eigenvalue weighted by Gasteiger charge is 2.32. The second-order valence-corrected chi connectivity index (χ2v) is 8.40. The molecule has 0 spiro atoms. The summed E-state index contributed by atoms with van der Waals surface area (Å²) in [7, 11) is -2.68. The normalized spacial score (nSPS) is 13.7. The van der Waals surface area contributed by atoms with Gasteiger partial charge in [0.05, 0.1) is 22.6 Å². The van der Waals surface area contributed by atoms with Crippen LogP contribution in [0.5, 0.6) is 0 Å². The molecule has 0 aliphatic heterocycles. The van der Waals surface area contributed by atoms with Crippen molar-refractivity contribution in [3.63, 3.8) is 0 Å². The number of imidazole rings is 1. The number of alkyl halides is 3. The van der Waals surface area contributed by atoms with Crippen molar-refractivity contribution < 1.29 is 26.4 Å². The number of aromatic nitrogens is 3. The maximum absolute atomic E-state index is 13.1. The number of fused-ring (bicyclic) bond motifs is 1. The van der Waals surface area contributed by atoms with E-state index in [9.17, 15) is 26.4 Å². The van der Waals surface area contributed by atoms with Gasteiger partial charge in [-0.1, -0.05) is 0 Å². The zero-order chi connectivity index (χ0) is 22.4. The molecule has 0 saturated carbocycles. The minimum Gasteiger partial charge on any atom is -0.364 e. The molecule has 1 unspecified atom stereocenters. The van der Waals surface area contributed by atoms with Gasteiger partial charge in [0.25, 0.3) is 15.9 Å². The quantitative estimate of drug-likeness (QED) is 0.610. The van der Waals surface area contributed by atoms with Gasteiger partial charge >= 0.3 is 6.18 Å². The maximum Gasteiger partial charge on any atom is 0.416 e.